The van der Waals surface area contributed by atoms with Crippen LogP contribution in [0, 0.1) is 5.82 Å². The standard InChI is InChI=1S/C24H27ClFN5O3/c25-14-10-28-23(29-11-14)20-12-30(13-21(20)27)24(33)19-4-1-15(26)7-22(19)34-18-8-16-2-3-17(9-18)31(16)5-6-32/h1,4,7,10-11,16-18,32H,2-3,5-6,8-9,12-13,27H2/t16-,17+,18?. The van der Waals surface area contributed by atoms with Crippen LogP contribution >= 0.6 is 11.6 Å². The van der Waals surface area contributed by atoms with E-state index in [4.69, 9.17) is 22.1 Å². The van der Waals surface area contributed by atoms with Crippen molar-refractivity contribution in [2.24, 2.45) is 5.73 Å². The number of amides is 1. The van der Waals surface area contributed by atoms with Crippen LogP contribution in [-0.2, 0) is 0 Å². The van der Waals surface area contributed by atoms with Gasteiger partial charge in [-0.25, -0.2) is 14.4 Å². The van der Waals surface area contributed by atoms with Gasteiger partial charge in [0, 0.05) is 48.4 Å². The number of nitrogens with zero attached hydrogens (tertiary/aromatic N) is 4. The molecule has 0 spiro atoms. The maximum absolute atomic E-state index is 14.2. The molecule has 8 nitrogen and oxygen atoms in total. The Balaban J connectivity index is 1.31. The van der Waals surface area contributed by atoms with Crippen molar-refractivity contribution in [2.45, 2.75) is 43.9 Å². The first-order valence-electron chi connectivity index (χ1n) is 11.5. The number of benzene rings is 1. The zero-order valence-corrected chi connectivity index (χ0v) is 19.4. The molecule has 1 unspecified atom stereocenters. The van der Waals surface area contributed by atoms with Crippen molar-refractivity contribution in [3.8, 4) is 5.75 Å². The SMILES string of the molecule is NC1=C(c2ncc(Cl)cn2)CN(C(=O)c2ccc(F)cc2OC2C[C@H]3CC[C@@H](C2)N3CCO)C1. The fourth-order valence-electron chi connectivity index (χ4n) is 5.40. The molecule has 3 aliphatic heterocycles. The molecule has 1 aromatic carbocycles. The van der Waals surface area contributed by atoms with Crippen LogP contribution in [0.1, 0.15) is 41.9 Å². The highest BCUT2D eigenvalue weighted by Crippen LogP contribution is 2.38. The van der Waals surface area contributed by atoms with E-state index in [-0.39, 0.29) is 37.5 Å². The van der Waals surface area contributed by atoms with E-state index in [9.17, 15) is 14.3 Å². The highest BCUT2D eigenvalue weighted by Gasteiger charge is 2.41. The fourth-order valence-corrected chi connectivity index (χ4v) is 5.49. The molecule has 1 amide bonds. The smallest absolute Gasteiger partial charge is 0.258 e. The largest absolute Gasteiger partial charge is 0.489 e. The molecule has 2 fully saturated rings. The third-order valence-corrected chi connectivity index (χ3v) is 7.14. The van der Waals surface area contributed by atoms with Gasteiger partial charge in [0.05, 0.1) is 30.3 Å². The topological polar surface area (TPSA) is 105 Å². The quantitative estimate of drug-likeness (QED) is 0.644. The minimum Gasteiger partial charge on any atom is -0.489 e. The summed E-state index contributed by atoms with van der Waals surface area (Å²) in [5, 5.41) is 9.77. The van der Waals surface area contributed by atoms with E-state index in [1.54, 1.807) is 4.90 Å². The maximum Gasteiger partial charge on any atom is 0.258 e. The van der Waals surface area contributed by atoms with Crippen molar-refractivity contribution < 1.29 is 19.0 Å². The average Bonchev–Trinajstić information content (AvgIpc) is 3.30. The van der Waals surface area contributed by atoms with Gasteiger partial charge >= 0.3 is 0 Å². The van der Waals surface area contributed by atoms with Crippen LogP contribution in [-0.4, -0.2) is 75.2 Å². The molecule has 0 saturated carbocycles. The predicted octanol–water partition coefficient (Wildman–Crippen LogP) is 2.46. The fraction of sp³-hybridized carbons (Fsp3) is 0.458. The molecule has 34 heavy (non-hydrogen) atoms. The highest BCUT2D eigenvalue weighted by molar-refractivity contribution is 6.30. The van der Waals surface area contributed by atoms with Crippen molar-refractivity contribution >= 4 is 23.1 Å². The summed E-state index contributed by atoms with van der Waals surface area (Å²) in [7, 11) is 0. The summed E-state index contributed by atoms with van der Waals surface area (Å²) in [6, 6.07) is 4.70. The number of aliphatic hydroxyl groups excluding tert-OH is 1. The number of piperidine rings is 1. The lowest BCUT2D eigenvalue weighted by atomic mass is 9.99. The van der Waals surface area contributed by atoms with Gasteiger partial charge < -0.3 is 20.5 Å². The Morgan fingerprint density at radius 1 is 1.21 bits per heavy atom. The molecule has 3 aliphatic rings. The molecule has 1 aromatic heterocycles. The van der Waals surface area contributed by atoms with E-state index in [2.05, 4.69) is 14.9 Å². The molecule has 3 atom stereocenters. The first-order valence-corrected chi connectivity index (χ1v) is 11.9. The van der Waals surface area contributed by atoms with Gasteiger partial charge in [0.15, 0.2) is 5.82 Å². The summed E-state index contributed by atoms with van der Waals surface area (Å²) in [6.07, 6.45) is 6.56. The van der Waals surface area contributed by atoms with Crippen LogP contribution in [0.15, 0.2) is 36.3 Å². The molecule has 180 valence electrons. The van der Waals surface area contributed by atoms with E-state index in [1.807, 2.05) is 0 Å². The van der Waals surface area contributed by atoms with Crippen LogP contribution < -0.4 is 10.5 Å². The molecular formula is C24H27ClFN5O3. The Morgan fingerprint density at radius 3 is 2.59 bits per heavy atom. The molecule has 5 rings (SSSR count). The lowest BCUT2D eigenvalue weighted by molar-refractivity contribution is 0.0382. The second-order valence-electron chi connectivity index (χ2n) is 9.09. The summed E-state index contributed by atoms with van der Waals surface area (Å²) >= 11 is 5.87. The molecule has 2 saturated heterocycles. The Hall–Kier alpha value is -2.75. The van der Waals surface area contributed by atoms with Gasteiger partial charge in [0.2, 0.25) is 0 Å². The number of ether oxygens (including phenoxy) is 1. The number of halogens is 2. The molecule has 3 N–H and O–H groups in total. The van der Waals surface area contributed by atoms with Crippen LogP contribution in [0.25, 0.3) is 5.57 Å². The average molecular weight is 488 g/mol. The molecule has 10 heteroatoms. The number of nitrogens with two attached hydrogens (primary N) is 1. The van der Waals surface area contributed by atoms with Gasteiger partial charge in [-0.05, 0) is 37.8 Å². The summed E-state index contributed by atoms with van der Waals surface area (Å²) in [4.78, 5) is 25.8. The van der Waals surface area contributed by atoms with Gasteiger partial charge in [-0.2, -0.15) is 0 Å². The van der Waals surface area contributed by atoms with Crippen molar-refractivity contribution in [3.63, 3.8) is 0 Å². The highest BCUT2D eigenvalue weighted by atomic mass is 35.5. The normalized spacial score (nSPS) is 24.7. The molecule has 0 radical (unpaired) electrons. The van der Waals surface area contributed by atoms with Gasteiger partial charge in [0.1, 0.15) is 17.7 Å². The van der Waals surface area contributed by atoms with Crippen LogP contribution in [0.3, 0.4) is 0 Å². The summed E-state index contributed by atoms with van der Waals surface area (Å²) in [6.45, 7) is 1.26. The third-order valence-electron chi connectivity index (χ3n) is 6.94. The molecular weight excluding hydrogens is 461 g/mol. The number of hydrogen-bond acceptors (Lipinski definition) is 7. The molecule has 2 bridgehead atoms. The Labute approximate surface area is 202 Å². The van der Waals surface area contributed by atoms with Gasteiger partial charge in [-0.1, -0.05) is 11.6 Å². The Bertz CT molecular complexity index is 1100. The van der Waals surface area contributed by atoms with Gasteiger partial charge in [-0.15, -0.1) is 0 Å². The van der Waals surface area contributed by atoms with Gasteiger partial charge in [0.25, 0.3) is 5.91 Å². The number of aliphatic hydroxyl groups is 1. The van der Waals surface area contributed by atoms with E-state index in [0.29, 0.717) is 46.3 Å². The number of rotatable bonds is 6. The monoisotopic (exact) mass is 487 g/mol. The van der Waals surface area contributed by atoms with E-state index >= 15 is 0 Å². The second kappa shape index (κ2) is 9.48. The number of carbonyl (C=O) groups excluding carboxylic acids is 1. The van der Waals surface area contributed by atoms with Crippen molar-refractivity contribution in [2.75, 3.05) is 26.2 Å². The van der Waals surface area contributed by atoms with Gasteiger partial charge in [-0.3, -0.25) is 9.69 Å². The maximum atomic E-state index is 14.2. The minimum atomic E-state index is -0.457. The summed E-state index contributed by atoms with van der Waals surface area (Å²) in [5.74, 6) is -0.0678. The van der Waals surface area contributed by atoms with E-state index in [0.717, 1.165) is 25.7 Å². The number of carbonyl (C=O) groups is 1. The van der Waals surface area contributed by atoms with Crippen molar-refractivity contribution in [1.29, 1.82) is 0 Å². The van der Waals surface area contributed by atoms with Crippen molar-refractivity contribution in [3.05, 3.63) is 58.5 Å². The Morgan fingerprint density at radius 2 is 1.91 bits per heavy atom. The molecule has 0 aliphatic carbocycles. The minimum absolute atomic E-state index is 0.111. The van der Waals surface area contributed by atoms with Crippen LogP contribution in [0.2, 0.25) is 5.02 Å². The molecule has 4 heterocycles. The Kier molecular flexibility index (Phi) is 6.42. The number of hydrogen-bond donors (Lipinski definition) is 2. The first kappa shape index (κ1) is 23.0. The van der Waals surface area contributed by atoms with Crippen LogP contribution in [0.5, 0.6) is 5.75 Å². The summed E-state index contributed by atoms with van der Waals surface area (Å²) in [5.41, 5.74) is 7.68. The predicted molar refractivity (Wildman–Crippen MR) is 125 cm³/mol. The number of fused-ring (bicyclic) bond motifs is 2. The lowest BCUT2D eigenvalue weighted by Crippen LogP contribution is -2.47. The second-order valence-corrected chi connectivity index (χ2v) is 9.52. The van der Waals surface area contributed by atoms with E-state index < -0.39 is 5.82 Å². The number of aromatic nitrogens is 2. The van der Waals surface area contributed by atoms with E-state index in [1.165, 1.54) is 30.6 Å². The lowest BCUT2D eigenvalue weighted by Gasteiger charge is -2.38. The zero-order chi connectivity index (χ0) is 23.8. The zero-order valence-electron chi connectivity index (χ0n) is 18.7. The first-order chi connectivity index (χ1) is 16.4. The third kappa shape index (κ3) is 4.47. The molecule has 2 aromatic rings. The van der Waals surface area contributed by atoms with Crippen LogP contribution in [0.4, 0.5) is 4.39 Å². The van der Waals surface area contributed by atoms with Crippen molar-refractivity contribution in [1.82, 2.24) is 19.8 Å². The summed E-state index contributed by atoms with van der Waals surface area (Å²) < 4.78 is 20.4.